The van der Waals surface area contributed by atoms with Crippen LogP contribution in [0.5, 0.6) is 0 Å². The molecule has 0 bridgehead atoms. The Morgan fingerprint density at radius 2 is 2.17 bits per heavy atom. The molecule has 5 nitrogen and oxygen atoms in total. The van der Waals surface area contributed by atoms with Gasteiger partial charge in [-0.3, -0.25) is 9.52 Å². The van der Waals surface area contributed by atoms with Gasteiger partial charge in [-0.05, 0) is 18.2 Å². The first-order valence-corrected chi connectivity index (χ1v) is 7.31. The predicted octanol–water partition coefficient (Wildman–Crippen LogP) is 1.89. The van der Waals surface area contributed by atoms with Gasteiger partial charge in [-0.15, -0.1) is 0 Å². The van der Waals surface area contributed by atoms with E-state index in [0.717, 1.165) is 13.2 Å². The van der Waals surface area contributed by atoms with E-state index in [2.05, 4.69) is 25.4 Å². The number of nitrogens with one attached hydrogen (secondary N) is 1. The van der Waals surface area contributed by atoms with E-state index in [1.54, 1.807) is 0 Å². The third-order valence-corrected chi connectivity index (χ3v) is 3.76. The fraction of sp³-hybridized carbons (Fsp3) is 0.300. The summed E-state index contributed by atoms with van der Waals surface area (Å²) in [6.07, 6.45) is -0.288. The molecule has 1 rings (SSSR count). The van der Waals surface area contributed by atoms with E-state index in [1.165, 1.54) is 12.1 Å². The standard InChI is InChI=1S/C10H11BrFNO4S/c1-17-10(14)4-5-18(15,16)13-9-3-2-7(11)6-8(9)12/h2-3,6,13H,4-5H2,1H3. The minimum absolute atomic E-state index is 0.164. The number of ether oxygens (including phenoxy) is 1. The molecule has 0 saturated carbocycles. The molecule has 0 saturated heterocycles. The van der Waals surface area contributed by atoms with E-state index in [0.29, 0.717) is 4.47 Å². The minimum Gasteiger partial charge on any atom is -0.469 e. The second-order valence-corrected chi connectivity index (χ2v) is 6.13. The number of carbonyl (C=O) groups excluding carboxylic acids is 1. The van der Waals surface area contributed by atoms with Crippen LogP contribution in [0.25, 0.3) is 0 Å². The average Bonchev–Trinajstić information content (AvgIpc) is 2.30. The van der Waals surface area contributed by atoms with E-state index >= 15 is 0 Å². The SMILES string of the molecule is COC(=O)CCS(=O)(=O)Nc1ccc(Br)cc1F. The Bertz CT molecular complexity index is 547. The highest BCUT2D eigenvalue weighted by Crippen LogP contribution is 2.20. The van der Waals surface area contributed by atoms with E-state index in [9.17, 15) is 17.6 Å². The van der Waals surface area contributed by atoms with Crippen LogP contribution in [0, 0.1) is 5.82 Å². The smallest absolute Gasteiger partial charge is 0.306 e. The lowest BCUT2D eigenvalue weighted by atomic mass is 10.3. The average molecular weight is 340 g/mol. The van der Waals surface area contributed by atoms with Gasteiger partial charge in [0.1, 0.15) is 5.82 Å². The highest BCUT2D eigenvalue weighted by molar-refractivity contribution is 9.10. The van der Waals surface area contributed by atoms with Crippen LogP contribution in [0.2, 0.25) is 0 Å². The van der Waals surface area contributed by atoms with Gasteiger partial charge in [0.25, 0.3) is 0 Å². The number of methoxy groups -OCH3 is 1. The zero-order valence-corrected chi connectivity index (χ0v) is 11.8. The summed E-state index contributed by atoms with van der Waals surface area (Å²) < 4.78 is 43.4. The number of benzene rings is 1. The van der Waals surface area contributed by atoms with Crippen LogP contribution in [0.3, 0.4) is 0 Å². The lowest BCUT2D eigenvalue weighted by molar-refractivity contribution is -0.140. The molecule has 0 fully saturated rings. The lowest BCUT2D eigenvalue weighted by Gasteiger charge is -2.08. The first kappa shape index (κ1) is 14.9. The Morgan fingerprint density at radius 3 is 2.72 bits per heavy atom. The van der Waals surface area contributed by atoms with Crippen molar-refractivity contribution in [3.63, 3.8) is 0 Å². The highest BCUT2D eigenvalue weighted by Gasteiger charge is 2.15. The first-order chi connectivity index (χ1) is 8.34. The fourth-order valence-electron chi connectivity index (χ4n) is 1.11. The number of esters is 1. The van der Waals surface area contributed by atoms with Crippen LogP contribution in [-0.4, -0.2) is 27.2 Å². The minimum atomic E-state index is -3.78. The lowest BCUT2D eigenvalue weighted by Crippen LogP contribution is -2.20. The van der Waals surface area contributed by atoms with Crippen LogP contribution in [-0.2, 0) is 19.6 Å². The van der Waals surface area contributed by atoms with Crippen molar-refractivity contribution in [2.24, 2.45) is 0 Å². The zero-order chi connectivity index (χ0) is 13.8. The zero-order valence-electron chi connectivity index (χ0n) is 9.44. The highest BCUT2D eigenvalue weighted by atomic mass is 79.9. The summed E-state index contributed by atoms with van der Waals surface area (Å²) in [5.41, 5.74) is -0.164. The fourth-order valence-corrected chi connectivity index (χ4v) is 2.48. The molecule has 0 aliphatic carbocycles. The normalized spacial score (nSPS) is 11.1. The molecular formula is C10H11BrFNO4S. The molecule has 18 heavy (non-hydrogen) atoms. The number of carbonyl (C=O) groups is 1. The molecule has 0 atom stereocenters. The predicted molar refractivity (Wildman–Crippen MR) is 68.1 cm³/mol. The molecule has 1 N–H and O–H groups in total. The van der Waals surface area contributed by atoms with Crippen molar-refractivity contribution in [3.05, 3.63) is 28.5 Å². The van der Waals surface area contributed by atoms with Crippen molar-refractivity contribution in [3.8, 4) is 0 Å². The largest absolute Gasteiger partial charge is 0.469 e. The summed E-state index contributed by atoms with van der Waals surface area (Å²) in [5.74, 6) is -1.81. The molecule has 1 aromatic carbocycles. The van der Waals surface area contributed by atoms with Gasteiger partial charge in [-0.1, -0.05) is 15.9 Å². The molecule has 0 radical (unpaired) electrons. The molecule has 0 aliphatic rings. The number of sulfonamides is 1. The first-order valence-electron chi connectivity index (χ1n) is 4.86. The third-order valence-electron chi connectivity index (χ3n) is 2.00. The molecule has 100 valence electrons. The van der Waals surface area contributed by atoms with E-state index in [1.807, 2.05) is 0 Å². The Balaban J connectivity index is 2.73. The van der Waals surface area contributed by atoms with E-state index in [-0.39, 0.29) is 12.1 Å². The molecular weight excluding hydrogens is 329 g/mol. The van der Waals surface area contributed by atoms with Gasteiger partial charge in [0.05, 0.1) is 25.0 Å². The Morgan fingerprint density at radius 1 is 1.50 bits per heavy atom. The summed E-state index contributed by atoms with van der Waals surface area (Å²) >= 11 is 3.06. The van der Waals surface area contributed by atoms with Gasteiger partial charge in [0.15, 0.2) is 0 Å². The molecule has 0 unspecified atom stereocenters. The van der Waals surface area contributed by atoms with Crippen molar-refractivity contribution in [2.75, 3.05) is 17.6 Å². The maximum Gasteiger partial charge on any atom is 0.306 e. The Hall–Kier alpha value is -1.15. The summed E-state index contributed by atoms with van der Waals surface area (Å²) in [5, 5.41) is 0. The van der Waals surface area contributed by atoms with Crippen LogP contribution in [0.4, 0.5) is 10.1 Å². The number of hydrogen-bond donors (Lipinski definition) is 1. The molecule has 8 heteroatoms. The molecule has 0 amide bonds. The van der Waals surface area contributed by atoms with Crippen molar-refractivity contribution in [1.82, 2.24) is 0 Å². The molecule has 0 aromatic heterocycles. The molecule has 0 heterocycles. The van der Waals surface area contributed by atoms with Crippen LogP contribution in [0.15, 0.2) is 22.7 Å². The quantitative estimate of drug-likeness (QED) is 0.831. The van der Waals surface area contributed by atoms with Crippen molar-refractivity contribution in [2.45, 2.75) is 6.42 Å². The van der Waals surface area contributed by atoms with Gasteiger partial charge >= 0.3 is 5.97 Å². The second kappa shape index (κ2) is 6.14. The number of anilines is 1. The molecule has 1 aromatic rings. The molecule has 0 spiro atoms. The monoisotopic (exact) mass is 339 g/mol. The van der Waals surface area contributed by atoms with Crippen LogP contribution >= 0.6 is 15.9 Å². The van der Waals surface area contributed by atoms with Crippen LogP contribution in [0.1, 0.15) is 6.42 Å². The van der Waals surface area contributed by atoms with Gasteiger partial charge in [-0.2, -0.15) is 0 Å². The Kier molecular flexibility index (Phi) is 5.09. The summed E-state index contributed by atoms with van der Waals surface area (Å²) in [6.45, 7) is 0. The maximum atomic E-state index is 13.4. The van der Waals surface area contributed by atoms with Crippen LogP contribution < -0.4 is 4.72 Å². The Labute approximate surface area is 113 Å². The van der Waals surface area contributed by atoms with E-state index in [4.69, 9.17) is 0 Å². The summed E-state index contributed by atoms with van der Waals surface area (Å²) in [7, 11) is -2.62. The molecule has 0 aliphatic heterocycles. The van der Waals surface area contributed by atoms with E-state index < -0.39 is 27.6 Å². The summed E-state index contributed by atoms with van der Waals surface area (Å²) in [4.78, 5) is 10.8. The van der Waals surface area contributed by atoms with Crippen molar-refractivity contribution in [1.29, 1.82) is 0 Å². The van der Waals surface area contributed by atoms with Gasteiger partial charge < -0.3 is 4.74 Å². The second-order valence-electron chi connectivity index (χ2n) is 3.37. The van der Waals surface area contributed by atoms with Crippen molar-refractivity contribution >= 4 is 37.6 Å². The van der Waals surface area contributed by atoms with Gasteiger partial charge in [0.2, 0.25) is 10.0 Å². The third kappa shape index (κ3) is 4.61. The number of rotatable bonds is 5. The number of hydrogen-bond acceptors (Lipinski definition) is 4. The van der Waals surface area contributed by atoms with Crippen molar-refractivity contribution < 1.29 is 22.3 Å². The maximum absolute atomic E-state index is 13.4. The topological polar surface area (TPSA) is 72.5 Å². The van der Waals surface area contributed by atoms with Gasteiger partial charge in [-0.25, -0.2) is 12.8 Å². The van der Waals surface area contributed by atoms with Gasteiger partial charge in [0, 0.05) is 4.47 Å². The number of halogens is 2. The summed E-state index contributed by atoms with van der Waals surface area (Å²) in [6, 6.07) is 3.93.